The lowest BCUT2D eigenvalue weighted by Gasteiger charge is -2.26. The molecule has 5 heteroatoms. The minimum Gasteiger partial charge on any atom is -0.310 e. The molecule has 0 fully saturated rings. The summed E-state index contributed by atoms with van der Waals surface area (Å²) in [4.78, 5) is 23.7. The lowest BCUT2D eigenvalue weighted by atomic mass is 9.94. The lowest BCUT2D eigenvalue weighted by Crippen LogP contribution is -2.10. The smallest absolute Gasteiger partial charge is 0.0979 e. The van der Waals surface area contributed by atoms with Gasteiger partial charge in [0, 0.05) is 39.3 Å². The zero-order valence-electron chi connectivity index (χ0n) is 34.3. The third-order valence-electron chi connectivity index (χ3n) is 11.4. The van der Waals surface area contributed by atoms with Gasteiger partial charge in [-0.2, -0.15) is 0 Å². The Balaban J connectivity index is 1.08. The van der Waals surface area contributed by atoms with Crippen molar-refractivity contribution in [3.8, 4) is 67.3 Å². The molecular weight excluding hydrogens is 767 g/mol. The number of rotatable bonds is 9. The van der Waals surface area contributed by atoms with Gasteiger partial charge in [0.05, 0.1) is 44.8 Å². The fourth-order valence-corrected chi connectivity index (χ4v) is 8.51. The molecule has 0 atom stereocenters. The molecule has 0 amide bonds. The van der Waals surface area contributed by atoms with Gasteiger partial charge in [0.25, 0.3) is 0 Å². The Bertz CT molecular complexity index is 3200. The monoisotopic (exact) mass is 805 g/mol. The van der Waals surface area contributed by atoms with Crippen LogP contribution in [-0.2, 0) is 0 Å². The van der Waals surface area contributed by atoms with Crippen LogP contribution in [0.4, 0.5) is 17.1 Å². The summed E-state index contributed by atoms with van der Waals surface area (Å²) in [7, 11) is 0. The van der Waals surface area contributed by atoms with Gasteiger partial charge in [-0.3, -0.25) is 0 Å². The fourth-order valence-electron chi connectivity index (χ4n) is 8.51. The molecule has 2 heterocycles. The summed E-state index contributed by atoms with van der Waals surface area (Å²) in [6, 6.07) is 81.9. The maximum Gasteiger partial charge on any atom is 0.0979 e. The quantitative estimate of drug-likeness (QED) is 0.145. The number of hydrogen-bond acceptors (Lipinski definition) is 5. The Kier molecular flexibility index (Phi) is 9.80. The molecule has 9 aromatic carbocycles. The van der Waals surface area contributed by atoms with Gasteiger partial charge in [-0.15, -0.1) is 0 Å². The largest absolute Gasteiger partial charge is 0.310 e. The number of hydrogen-bond donors (Lipinski definition) is 0. The number of anilines is 3. The molecule has 11 rings (SSSR count). The molecule has 11 aromatic rings. The van der Waals surface area contributed by atoms with Crippen molar-refractivity contribution in [1.82, 2.24) is 19.9 Å². The summed E-state index contributed by atoms with van der Waals surface area (Å²) in [5, 5.41) is 0. The molecule has 296 valence electrons. The number of fused-ring (bicyclic) bond motifs is 2. The van der Waals surface area contributed by atoms with E-state index in [1.807, 2.05) is 60.7 Å². The van der Waals surface area contributed by atoms with Gasteiger partial charge in [-0.05, 0) is 82.9 Å². The normalized spacial score (nSPS) is 11.2. The minimum absolute atomic E-state index is 0.814. The van der Waals surface area contributed by atoms with Gasteiger partial charge < -0.3 is 4.90 Å². The molecule has 63 heavy (non-hydrogen) atoms. The van der Waals surface area contributed by atoms with Gasteiger partial charge in [-0.25, -0.2) is 19.9 Å². The predicted molar refractivity (Wildman–Crippen MR) is 260 cm³/mol. The maximum absolute atomic E-state index is 5.35. The highest BCUT2D eigenvalue weighted by molar-refractivity contribution is 5.95. The average molecular weight is 806 g/mol. The SMILES string of the molecule is c1ccc(-c2ccccc2-c2nc3ccccc3nc2-c2cccc(N(c3ccccc3)c3cccc(-c4nc5ccccc5nc4-c4ccccc4-c4ccccc4)c3)c2)cc1. The van der Waals surface area contributed by atoms with Gasteiger partial charge in [0.15, 0.2) is 0 Å². The van der Waals surface area contributed by atoms with E-state index in [1.54, 1.807) is 0 Å². The molecule has 5 nitrogen and oxygen atoms in total. The van der Waals surface area contributed by atoms with Crippen molar-refractivity contribution in [3.63, 3.8) is 0 Å². The van der Waals surface area contributed by atoms with E-state index in [0.29, 0.717) is 0 Å². The van der Waals surface area contributed by atoms with Crippen molar-refractivity contribution in [1.29, 1.82) is 0 Å². The summed E-state index contributed by atoms with van der Waals surface area (Å²) in [5.41, 5.74) is 18.1. The van der Waals surface area contributed by atoms with Crippen molar-refractivity contribution in [2.45, 2.75) is 0 Å². The fraction of sp³-hybridized carbons (Fsp3) is 0. The first-order valence-corrected chi connectivity index (χ1v) is 21.1. The summed E-state index contributed by atoms with van der Waals surface area (Å²) in [6.45, 7) is 0. The highest BCUT2D eigenvalue weighted by Crippen LogP contribution is 2.43. The van der Waals surface area contributed by atoms with Crippen LogP contribution in [-0.4, -0.2) is 19.9 Å². The van der Waals surface area contributed by atoms with Gasteiger partial charge in [0.1, 0.15) is 0 Å². The van der Waals surface area contributed by atoms with Crippen molar-refractivity contribution in [3.05, 3.63) is 237 Å². The molecule has 2 aromatic heterocycles. The Labute approximate surface area is 366 Å². The molecule has 0 radical (unpaired) electrons. The molecule has 0 saturated carbocycles. The van der Waals surface area contributed by atoms with Crippen LogP contribution in [0.2, 0.25) is 0 Å². The van der Waals surface area contributed by atoms with Crippen LogP contribution >= 0.6 is 0 Å². The zero-order chi connectivity index (χ0) is 42.0. The lowest BCUT2D eigenvalue weighted by molar-refractivity contribution is 1.26. The van der Waals surface area contributed by atoms with Crippen LogP contribution < -0.4 is 4.90 Å². The van der Waals surface area contributed by atoms with E-state index in [4.69, 9.17) is 19.9 Å². The van der Waals surface area contributed by atoms with Crippen LogP contribution in [0, 0.1) is 0 Å². The second kappa shape index (κ2) is 16.5. The van der Waals surface area contributed by atoms with Gasteiger partial charge in [0.2, 0.25) is 0 Å². The number of benzene rings is 9. The van der Waals surface area contributed by atoms with Crippen LogP contribution in [0.15, 0.2) is 237 Å². The molecule has 0 N–H and O–H groups in total. The van der Waals surface area contributed by atoms with E-state index in [-0.39, 0.29) is 0 Å². The Morgan fingerprint density at radius 3 is 0.937 bits per heavy atom. The molecule has 0 unspecified atom stereocenters. The van der Waals surface area contributed by atoms with E-state index in [0.717, 1.165) is 106 Å². The second-order valence-corrected chi connectivity index (χ2v) is 15.4. The first-order valence-electron chi connectivity index (χ1n) is 21.1. The van der Waals surface area contributed by atoms with Crippen LogP contribution in [0.1, 0.15) is 0 Å². The summed E-state index contributed by atoms with van der Waals surface area (Å²) in [5.74, 6) is 0. The number of para-hydroxylation sites is 5. The first kappa shape index (κ1) is 37.5. The summed E-state index contributed by atoms with van der Waals surface area (Å²) >= 11 is 0. The minimum atomic E-state index is 0.814. The molecule has 0 spiro atoms. The third kappa shape index (κ3) is 7.28. The Morgan fingerprint density at radius 2 is 0.524 bits per heavy atom. The van der Waals surface area contributed by atoms with Crippen molar-refractivity contribution in [2.24, 2.45) is 0 Å². The molecule has 0 aliphatic heterocycles. The highest BCUT2D eigenvalue weighted by atomic mass is 15.1. The first-order chi connectivity index (χ1) is 31.2. The second-order valence-electron chi connectivity index (χ2n) is 15.4. The van der Waals surface area contributed by atoms with Crippen LogP contribution in [0.5, 0.6) is 0 Å². The van der Waals surface area contributed by atoms with Gasteiger partial charge >= 0.3 is 0 Å². The number of aromatic nitrogens is 4. The maximum atomic E-state index is 5.35. The average Bonchev–Trinajstić information content (AvgIpc) is 3.37. The van der Waals surface area contributed by atoms with Crippen LogP contribution in [0.3, 0.4) is 0 Å². The third-order valence-corrected chi connectivity index (χ3v) is 11.4. The highest BCUT2D eigenvalue weighted by Gasteiger charge is 2.22. The van der Waals surface area contributed by atoms with E-state index in [1.165, 1.54) is 0 Å². The predicted octanol–water partition coefficient (Wildman–Crippen LogP) is 15.0. The van der Waals surface area contributed by atoms with E-state index < -0.39 is 0 Å². The Morgan fingerprint density at radius 1 is 0.222 bits per heavy atom. The van der Waals surface area contributed by atoms with Crippen LogP contribution in [0.25, 0.3) is 89.4 Å². The standard InChI is InChI=1S/C58H39N5/c1-4-20-40(21-5-1)47-30-10-12-32-49(47)57-55(59-51-34-14-16-36-53(51)61-57)42-24-18-28-45(38-42)63(44-26-8-3-9-27-44)46-29-19-25-43(39-46)56-58(62-54-37-17-15-35-52(54)60-56)50-33-13-11-31-48(50)41-22-6-2-7-23-41/h1-39H. The van der Waals surface area contributed by atoms with Crippen molar-refractivity contribution >= 4 is 39.1 Å². The van der Waals surface area contributed by atoms with E-state index in [2.05, 4.69) is 181 Å². The zero-order valence-corrected chi connectivity index (χ0v) is 34.3. The Hall–Kier alpha value is -8.54. The number of nitrogens with zero attached hydrogens (tertiary/aromatic N) is 5. The molecule has 0 aliphatic carbocycles. The van der Waals surface area contributed by atoms with E-state index >= 15 is 0 Å². The summed E-state index contributed by atoms with van der Waals surface area (Å²) < 4.78 is 0. The van der Waals surface area contributed by atoms with Gasteiger partial charge in [-0.1, -0.05) is 176 Å². The molecule has 0 aliphatic rings. The molecule has 0 bridgehead atoms. The van der Waals surface area contributed by atoms with Crippen molar-refractivity contribution < 1.29 is 0 Å². The molecular formula is C58H39N5. The molecule has 0 saturated heterocycles. The summed E-state index contributed by atoms with van der Waals surface area (Å²) in [6.07, 6.45) is 0. The topological polar surface area (TPSA) is 54.8 Å². The van der Waals surface area contributed by atoms with E-state index in [9.17, 15) is 0 Å². The van der Waals surface area contributed by atoms with Crippen molar-refractivity contribution in [2.75, 3.05) is 4.90 Å².